The lowest BCUT2D eigenvalue weighted by molar-refractivity contribution is -0.0274. The zero-order valence-electron chi connectivity index (χ0n) is 13.7. The van der Waals surface area contributed by atoms with E-state index < -0.39 is 0 Å². The van der Waals surface area contributed by atoms with Crippen LogP contribution in [0.4, 0.5) is 0 Å². The van der Waals surface area contributed by atoms with Crippen molar-refractivity contribution in [3.63, 3.8) is 0 Å². The summed E-state index contributed by atoms with van der Waals surface area (Å²) in [6.45, 7) is 2.52. The van der Waals surface area contributed by atoms with Crippen LogP contribution in [0.5, 0.6) is 0 Å². The number of piperidine rings is 3. The Morgan fingerprint density at radius 3 is 2.83 bits per heavy atom. The molecule has 3 aliphatic heterocycles. The van der Waals surface area contributed by atoms with Crippen LogP contribution in [0.3, 0.4) is 0 Å². The van der Waals surface area contributed by atoms with E-state index in [2.05, 4.69) is 9.88 Å². The second kappa shape index (κ2) is 4.67. The van der Waals surface area contributed by atoms with Gasteiger partial charge in [-0.1, -0.05) is 0 Å². The van der Waals surface area contributed by atoms with E-state index in [-0.39, 0.29) is 0 Å². The van der Waals surface area contributed by atoms with Crippen molar-refractivity contribution in [1.82, 2.24) is 14.5 Å². The number of aromatic nitrogens is 2. The van der Waals surface area contributed by atoms with Crippen molar-refractivity contribution >= 4 is 16.8 Å². The summed E-state index contributed by atoms with van der Waals surface area (Å²) in [5, 5.41) is 0. The van der Waals surface area contributed by atoms with Crippen molar-refractivity contribution in [3.8, 4) is 0 Å². The molecule has 6 rings (SSSR count). The van der Waals surface area contributed by atoms with Crippen molar-refractivity contribution in [2.24, 2.45) is 18.9 Å². The lowest BCUT2D eigenvalue weighted by Crippen LogP contribution is -2.57. The molecule has 4 nitrogen and oxygen atoms in total. The molecular formula is C19H23N3O. The number of fused-ring (bicyclic) bond motifs is 3. The third kappa shape index (κ3) is 1.94. The van der Waals surface area contributed by atoms with Gasteiger partial charge in [-0.05, 0) is 68.8 Å². The van der Waals surface area contributed by atoms with Gasteiger partial charge in [0, 0.05) is 24.6 Å². The number of hydrogen-bond acceptors (Lipinski definition) is 3. The van der Waals surface area contributed by atoms with E-state index >= 15 is 0 Å². The molecule has 23 heavy (non-hydrogen) atoms. The summed E-state index contributed by atoms with van der Waals surface area (Å²) in [4.78, 5) is 20.0. The molecule has 4 fully saturated rings. The first-order valence-corrected chi connectivity index (χ1v) is 8.87. The minimum absolute atomic E-state index is 0.318. The molecule has 1 aliphatic carbocycles. The maximum absolute atomic E-state index is 12.9. The lowest BCUT2D eigenvalue weighted by Gasteiger charge is -2.52. The van der Waals surface area contributed by atoms with E-state index in [1.54, 1.807) is 0 Å². The van der Waals surface area contributed by atoms with Crippen LogP contribution in [0.1, 0.15) is 42.5 Å². The van der Waals surface area contributed by atoms with Gasteiger partial charge in [-0.3, -0.25) is 9.69 Å². The SMILES string of the molecule is Cn1cnc2ccc(C(=O)C[C@@H]3C4CCN(CC4)C34CC4)cc21. The van der Waals surface area contributed by atoms with Gasteiger partial charge in [0.05, 0.1) is 17.4 Å². The summed E-state index contributed by atoms with van der Waals surface area (Å²) < 4.78 is 1.99. The van der Waals surface area contributed by atoms with E-state index in [4.69, 9.17) is 0 Å². The number of Topliss-reactive ketones (excluding diaryl/α,β-unsaturated/α-hetero) is 1. The molecule has 1 atom stereocenters. The van der Waals surface area contributed by atoms with E-state index in [9.17, 15) is 4.79 Å². The molecule has 1 saturated carbocycles. The Morgan fingerprint density at radius 2 is 2.09 bits per heavy atom. The van der Waals surface area contributed by atoms with Crippen molar-refractivity contribution in [1.29, 1.82) is 0 Å². The first-order chi connectivity index (χ1) is 11.2. The molecule has 4 heteroatoms. The van der Waals surface area contributed by atoms with Gasteiger partial charge in [0.1, 0.15) is 0 Å². The topological polar surface area (TPSA) is 38.1 Å². The quantitative estimate of drug-likeness (QED) is 0.818. The molecule has 3 saturated heterocycles. The smallest absolute Gasteiger partial charge is 0.163 e. The first kappa shape index (κ1) is 13.7. The number of carbonyl (C=O) groups excluding carboxylic acids is 1. The predicted molar refractivity (Wildman–Crippen MR) is 89.4 cm³/mol. The van der Waals surface area contributed by atoms with Crippen LogP contribution in [0.25, 0.3) is 11.0 Å². The average Bonchev–Trinajstić information content (AvgIpc) is 3.28. The van der Waals surface area contributed by atoms with E-state index in [0.717, 1.165) is 28.9 Å². The van der Waals surface area contributed by atoms with E-state index in [1.807, 2.05) is 36.1 Å². The Hall–Kier alpha value is -1.68. The Morgan fingerprint density at radius 1 is 1.30 bits per heavy atom. The maximum Gasteiger partial charge on any atom is 0.163 e. The normalized spacial score (nSPS) is 30.9. The van der Waals surface area contributed by atoms with Crippen LogP contribution in [0, 0.1) is 11.8 Å². The number of ketones is 1. The average molecular weight is 309 g/mol. The molecule has 4 aliphatic rings. The van der Waals surface area contributed by atoms with Crippen LogP contribution in [-0.2, 0) is 7.05 Å². The fourth-order valence-electron chi connectivity index (χ4n) is 5.21. The number of hydrogen-bond donors (Lipinski definition) is 0. The number of aryl methyl sites for hydroxylation is 1. The highest BCUT2D eigenvalue weighted by Crippen LogP contribution is 2.58. The molecule has 0 amide bonds. The van der Waals surface area contributed by atoms with Crippen LogP contribution < -0.4 is 0 Å². The molecular weight excluding hydrogens is 286 g/mol. The third-order valence-corrected chi connectivity index (χ3v) is 6.64. The van der Waals surface area contributed by atoms with Gasteiger partial charge in [-0.15, -0.1) is 0 Å². The Kier molecular flexibility index (Phi) is 2.79. The molecule has 0 N–H and O–H groups in total. The molecule has 1 aromatic carbocycles. The van der Waals surface area contributed by atoms with Gasteiger partial charge < -0.3 is 4.57 Å². The van der Waals surface area contributed by atoms with Crippen molar-refractivity contribution in [3.05, 3.63) is 30.1 Å². The van der Waals surface area contributed by atoms with Crippen molar-refractivity contribution in [2.45, 2.75) is 37.6 Å². The maximum atomic E-state index is 12.9. The zero-order valence-corrected chi connectivity index (χ0v) is 13.7. The molecule has 0 radical (unpaired) electrons. The summed E-state index contributed by atoms with van der Waals surface area (Å²) in [7, 11) is 1.98. The molecule has 2 bridgehead atoms. The molecule has 1 aromatic heterocycles. The van der Waals surface area contributed by atoms with E-state index in [0.29, 0.717) is 17.2 Å². The fourth-order valence-corrected chi connectivity index (χ4v) is 5.21. The van der Waals surface area contributed by atoms with Crippen LogP contribution in [0.15, 0.2) is 24.5 Å². The second-order valence-electron chi connectivity index (χ2n) is 7.72. The van der Waals surface area contributed by atoms with Crippen molar-refractivity contribution < 1.29 is 4.79 Å². The molecule has 120 valence electrons. The standard InChI is InChI=1S/C19H23N3O/c1-21-12-20-16-3-2-14(10-17(16)21)18(23)11-15-13-4-8-22(9-5-13)19(15)6-7-19/h2-3,10,12-13,15H,4-9,11H2,1H3/t15-/m1/s1. The van der Waals surface area contributed by atoms with Gasteiger partial charge in [0.15, 0.2) is 5.78 Å². The number of imidazole rings is 1. The second-order valence-corrected chi connectivity index (χ2v) is 7.72. The number of nitrogens with zero attached hydrogens (tertiary/aromatic N) is 3. The highest BCUT2D eigenvalue weighted by molar-refractivity contribution is 5.99. The predicted octanol–water partition coefficient (Wildman–Crippen LogP) is 3.02. The van der Waals surface area contributed by atoms with Gasteiger partial charge in [-0.2, -0.15) is 0 Å². The Balaban J connectivity index is 1.43. The van der Waals surface area contributed by atoms with Gasteiger partial charge >= 0.3 is 0 Å². The lowest BCUT2D eigenvalue weighted by atomic mass is 9.69. The largest absolute Gasteiger partial charge is 0.334 e. The van der Waals surface area contributed by atoms with Crippen LogP contribution in [0.2, 0.25) is 0 Å². The number of rotatable bonds is 3. The molecule has 4 heterocycles. The summed E-state index contributed by atoms with van der Waals surface area (Å²) in [6, 6.07) is 5.95. The highest BCUT2D eigenvalue weighted by Gasteiger charge is 2.60. The monoisotopic (exact) mass is 309 g/mol. The number of benzene rings is 1. The summed E-state index contributed by atoms with van der Waals surface area (Å²) in [5.74, 6) is 1.67. The molecule has 2 aromatic rings. The number of carbonyl (C=O) groups is 1. The third-order valence-electron chi connectivity index (χ3n) is 6.64. The zero-order chi connectivity index (χ0) is 15.6. The fraction of sp³-hybridized carbons (Fsp3) is 0.579. The van der Waals surface area contributed by atoms with Crippen LogP contribution >= 0.6 is 0 Å². The molecule has 0 unspecified atom stereocenters. The van der Waals surface area contributed by atoms with E-state index in [1.165, 1.54) is 38.8 Å². The van der Waals surface area contributed by atoms with Gasteiger partial charge in [0.25, 0.3) is 0 Å². The first-order valence-electron chi connectivity index (χ1n) is 8.87. The summed E-state index contributed by atoms with van der Waals surface area (Å²) >= 11 is 0. The summed E-state index contributed by atoms with van der Waals surface area (Å²) in [6.07, 6.45) is 7.74. The molecule has 1 spiro atoms. The highest BCUT2D eigenvalue weighted by atomic mass is 16.1. The van der Waals surface area contributed by atoms with Gasteiger partial charge in [0.2, 0.25) is 0 Å². The van der Waals surface area contributed by atoms with Crippen LogP contribution in [-0.4, -0.2) is 38.9 Å². The van der Waals surface area contributed by atoms with Crippen molar-refractivity contribution in [2.75, 3.05) is 13.1 Å². The Labute approximate surface area is 136 Å². The minimum atomic E-state index is 0.318. The minimum Gasteiger partial charge on any atom is -0.334 e. The summed E-state index contributed by atoms with van der Waals surface area (Å²) in [5.41, 5.74) is 3.26. The Bertz CT molecular complexity index is 781. The van der Waals surface area contributed by atoms with Gasteiger partial charge in [-0.25, -0.2) is 4.98 Å².